The van der Waals surface area contributed by atoms with Gasteiger partial charge in [-0.1, -0.05) is 23.7 Å². The van der Waals surface area contributed by atoms with Crippen LogP contribution in [0.4, 0.5) is 5.82 Å². The van der Waals surface area contributed by atoms with Crippen LogP contribution >= 0.6 is 27.5 Å². The summed E-state index contributed by atoms with van der Waals surface area (Å²) in [5.74, 6) is 0.978. The van der Waals surface area contributed by atoms with Gasteiger partial charge in [0.2, 0.25) is 0 Å². The Balaban J connectivity index is 2.23. The molecule has 1 N–H and O–H groups in total. The van der Waals surface area contributed by atoms with Gasteiger partial charge in [-0.2, -0.15) is 0 Å². The lowest BCUT2D eigenvalue weighted by molar-refractivity contribution is 0.629. The van der Waals surface area contributed by atoms with E-state index >= 15 is 0 Å². The highest BCUT2D eigenvalue weighted by Crippen LogP contribution is 2.32. The molecule has 0 saturated heterocycles. The first-order valence-electron chi connectivity index (χ1n) is 7.05. The summed E-state index contributed by atoms with van der Waals surface area (Å²) >= 11 is 9.52. The molecule has 0 radical (unpaired) electrons. The topological polar surface area (TPSA) is 29.3 Å². The predicted molar refractivity (Wildman–Crippen MR) is 96.7 cm³/mol. The van der Waals surface area contributed by atoms with Crippen LogP contribution in [-0.4, -0.2) is 14.9 Å². The SMILES string of the molecule is CC(C)(C)Nc1c(-c2ccc(Cl)cc2)nc2ccc(Br)cn12. The molecular weight excluding hydrogens is 362 g/mol. The van der Waals surface area contributed by atoms with Gasteiger partial charge in [0, 0.05) is 26.8 Å². The van der Waals surface area contributed by atoms with Gasteiger partial charge < -0.3 is 5.32 Å². The zero-order chi connectivity index (χ0) is 15.9. The fraction of sp³-hybridized carbons (Fsp3) is 0.235. The smallest absolute Gasteiger partial charge is 0.139 e. The van der Waals surface area contributed by atoms with Gasteiger partial charge in [-0.25, -0.2) is 4.98 Å². The van der Waals surface area contributed by atoms with Crippen LogP contribution < -0.4 is 5.32 Å². The summed E-state index contributed by atoms with van der Waals surface area (Å²) < 4.78 is 3.08. The lowest BCUT2D eigenvalue weighted by Crippen LogP contribution is -2.27. The molecule has 2 heterocycles. The third-order valence-electron chi connectivity index (χ3n) is 3.19. The van der Waals surface area contributed by atoms with E-state index in [1.807, 2.05) is 42.6 Å². The average molecular weight is 379 g/mol. The minimum atomic E-state index is -0.0700. The van der Waals surface area contributed by atoms with Crippen LogP contribution in [-0.2, 0) is 0 Å². The fourth-order valence-electron chi connectivity index (χ4n) is 2.30. The maximum atomic E-state index is 6.00. The van der Waals surface area contributed by atoms with Crippen LogP contribution in [0.25, 0.3) is 16.9 Å². The molecule has 1 aromatic carbocycles. The second-order valence-corrected chi connectivity index (χ2v) is 7.62. The summed E-state index contributed by atoms with van der Waals surface area (Å²) in [5, 5.41) is 4.28. The first kappa shape index (κ1) is 15.4. The van der Waals surface area contributed by atoms with E-state index in [-0.39, 0.29) is 5.54 Å². The molecule has 0 bridgehead atoms. The number of benzene rings is 1. The number of nitrogens with one attached hydrogen (secondary N) is 1. The van der Waals surface area contributed by atoms with Gasteiger partial charge in [0.1, 0.15) is 17.2 Å². The van der Waals surface area contributed by atoms with Gasteiger partial charge in [-0.3, -0.25) is 4.40 Å². The molecule has 0 aliphatic heterocycles. The van der Waals surface area contributed by atoms with Crippen molar-refractivity contribution in [1.82, 2.24) is 9.38 Å². The van der Waals surface area contributed by atoms with Gasteiger partial charge in [-0.05, 0) is 61.0 Å². The number of rotatable bonds is 2. The van der Waals surface area contributed by atoms with E-state index in [0.717, 1.165) is 32.2 Å². The second-order valence-electron chi connectivity index (χ2n) is 6.27. The number of imidazole rings is 1. The van der Waals surface area contributed by atoms with E-state index in [9.17, 15) is 0 Å². The second kappa shape index (κ2) is 5.60. The Labute approximate surface area is 143 Å². The van der Waals surface area contributed by atoms with E-state index in [1.54, 1.807) is 0 Å². The maximum absolute atomic E-state index is 6.00. The van der Waals surface area contributed by atoms with Crippen molar-refractivity contribution in [3.05, 3.63) is 52.1 Å². The zero-order valence-electron chi connectivity index (χ0n) is 12.7. The van der Waals surface area contributed by atoms with Crippen molar-refractivity contribution in [2.24, 2.45) is 0 Å². The zero-order valence-corrected chi connectivity index (χ0v) is 15.0. The summed E-state index contributed by atoms with van der Waals surface area (Å²) in [7, 11) is 0. The Morgan fingerprint density at radius 3 is 2.41 bits per heavy atom. The number of fused-ring (bicyclic) bond motifs is 1. The molecule has 2 aromatic heterocycles. The number of nitrogens with zero attached hydrogens (tertiary/aromatic N) is 2. The van der Waals surface area contributed by atoms with Crippen molar-refractivity contribution in [3.8, 4) is 11.3 Å². The van der Waals surface area contributed by atoms with E-state index in [4.69, 9.17) is 16.6 Å². The average Bonchev–Trinajstić information content (AvgIpc) is 2.76. The molecule has 22 heavy (non-hydrogen) atoms. The quantitative estimate of drug-likeness (QED) is 0.626. The lowest BCUT2D eigenvalue weighted by Gasteiger charge is -2.22. The number of aromatic nitrogens is 2. The van der Waals surface area contributed by atoms with Crippen LogP contribution in [0.3, 0.4) is 0 Å². The van der Waals surface area contributed by atoms with Gasteiger partial charge in [0.05, 0.1) is 0 Å². The van der Waals surface area contributed by atoms with E-state index < -0.39 is 0 Å². The maximum Gasteiger partial charge on any atom is 0.139 e. The molecule has 0 spiro atoms. The molecule has 0 amide bonds. The third kappa shape index (κ3) is 3.13. The van der Waals surface area contributed by atoms with Gasteiger partial charge in [-0.15, -0.1) is 0 Å². The predicted octanol–water partition coefficient (Wildman–Crippen LogP) is 5.63. The monoisotopic (exact) mass is 377 g/mol. The molecule has 114 valence electrons. The normalized spacial score (nSPS) is 11.9. The summed E-state index contributed by atoms with van der Waals surface area (Å²) in [6, 6.07) is 11.8. The van der Waals surface area contributed by atoms with Gasteiger partial charge >= 0.3 is 0 Å². The fourth-order valence-corrected chi connectivity index (χ4v) is 2.77. The molecule has 3 nitrogen and oxygen atoms in total. The van der Waals surface area contributed by atoms with Gasteiger partial charge in [0.15, 0.2) is 0 Å². The summed E-state index contributed by atoms with van der Waals surface area (Å²) in [6.45, 7) is 6.40. The Kier molecular flexibility index (Phi) is 3.91. The lowest BCUT2D eigenvalue weighted by atomic mass is 10.1. The van der Waals surface area contributed by atoms with Crippen molar-refractivity contribution in [2.45, 2.75) is 26.3 Å². The molecular formula is C17H17BrClN3. The Hall–Kier alpha value is -1.52. The van der Waals surface area contributed by atoms with Crippen LogP contribution in [0.15, 0.2) is 47.1 Å². The van der Waals surface area contributed by atoms with Crippen molar-refractivity contribution >= 4 is 39.0 Å². The molecule has 0 aliphatic rings. The highest BCUT2D eigenvalue weighted by Gasteiger charge is 2.19. The largest absolute Gasteiger partial charge is 0.365 e. The number of anilines is 1. The van der Waals surface area contributed by atoms with Crippen molar-refractivity contribution in [2.75, 3.05) is 5.32 Å². The van der Waals surface area contributed by atoms with Crippen LogP contribution in [0, 0.1) is 0 Å². The molecule has 0 atom stereocenters. The number of hydrogen-bond donors (Lipinski definition) is 1. The standard InChI is InChI=1S/C17H17BrClN3/c1-17(2,3)21-16-15(11-4-7-13(19)8-5-11)20-14-9-6-12(18)10-22(14)16/h4-10,21H,1-3H3. The highest BCUT2D eigenvalue weighted by molar-refractivity contribution is 9.10. The van der Waals surface area contributed by atoms with Crippen molar-refractivity contribution in [1.29, 1.82) is 0 Å². The molecule has 5 heteroatoms. The molecule has 0 aliphatic carbocycles. The molecule has 3 aromatic rings. The molecule has 0 unspecified atom stereocenters. The van der Waals surface area contributed by atoms with Crippen LogP contribution in [0.5, 0.6) is 0 Å². The van der Waals surface area contributed by atoms with E-state index in [1.165, 1.54) is 0 Å². The summed E-state index contributed by atoms with van der Waals surface area (Å²) in [5.41, 5.74) is 2.79. The first-order chi connectivity index (χ1) is 10.3. The summed E-state index contributed by atoms with van der Waals surface area (Å²) in [6.07, 6.45) is 2.02. The molecule has 3 rings (SSSR count). The third-order valence-corrected chi connectivity index (χ3v) is 3.91. The Morgan fingerprint density at radius 2 is 1.77 bits per heavy atom. The van der Waals surface area contributed by atoms with Crippen molar-refractivity contribution < 1.29 is 0 Å². The van der Waals surface area contributed by atoms with Crippen LogP contribution in [0.1, 0.15) is 20.8 Å². The minimum absolute atomic E-state index is 0.0700. The highest BCUT2D eigenvalue weighted by atomic mass is 79.9. The van der Waals surface area contributed by atoms with E-state index in [2.05, 4.69) is 46.4 Å². The summed E-state index contributed by atoms with van der Waals surface area (Å²) in [4.78, 5) is 4.77. The minimum Gasteiger partial charge on any atom is -0.365 e. The van der Waals surface area contributed by atoms with Crippen molar-refractivity contribution in [3.63, 3.8) is 0 Å². The number of halogens is 2. The Bertz CT molecular complexity index is 816. The number of hydrogen-bond acceptors (Lipinski definition) is 2. The Morgan fingerprint density at radius 1 is 1.09 bits per heavy atom. The molecule has 0 fully saturated rings. The van der Waals surface area contributed by atoms with Crippen LogP contribution in [0.2, 0.25) is 5.02 Å². The van der Waals surface area contributed by atoms with Gasteiger partial charge in [0.25, 0.3) is 0 Å². The number of pyridine rings is 1. The molecule has 0 saturated carbocycles. The first-order valence-corrected chi connectivity index (χ1v) is 8.22. The van der Waals surface area contributed by atoms with E-state index in [0.29, 0.717) is 0 Å².